The highest BCUT2D eigenvalue weighted by molar-refractivity contribution is 6.32. The number of benzene rings is 2. The molecule has 1 N–H and O–H groups in total. The Morgan fingerprint density at radius 2 is 1.25 bits per heavy atom. The van der Waals surface area contributed by atoms with Crippen molar-refractivity contribution in [1.29, 1.82) is 0 Å². The summed E-state index contributed by atoms with van der Waals surface area (Å²) in [5.41, 5.74) is 1.80. The fourth-order valence-corrected chi connectivity index (χ4v) is 2.99. The normalized spacial score (nSPS) is 16.6. The first-order valence-corrected chi connectivity index (χ1v) is 6.19. The molecule has 0 amide bonds. The van der Waals surface area contributed by atoms with Gasteiger partial charge in [0.1, 0.15) is 5.76 Å². The second kappa shape index (κ2) is 3.42. The molecule has 4 heteroatoms. The number of carbonyl (C=O) groups is 3. The highest BCUT2D eigenvalue weighted by atomic mass is 16.3. The van der Waals surface area contributed by atoms with Gasteiger partial charge in [-0.25, -0.2) is 0 Å². The van der Waals surface area contributed by atoms with Crippen molar-refractivity contribution in [2.45, 2.75) is 6.42 Å². The van der Waals surface area contributed by atoms with Crippen LogP contribution < -0.4 is 0 Å². The van der Waals surface area contributed by atoms with Gasteiger partial charge in [-0.15, -0.1) is 0 Å². The first-order chi connectivity index (χ1) is 9.58. The van der Waals surface area contributed by atoms with Gasteiger partial charge in [-0.2, -0.15) is 0 Å². The maximum absolute atomic E-state index is 12.0. The number of rotatable bonds is 0. The summed E-state index contributed by atoms with van der Waals surface area (Å²) >= 11 is 0. The topological polar surface area (TPSA) is 71.4 Å². The third-order valence-corrected chi connectivity index (χ3v) is 3.89. The minimum absolute atomic E-state index is 0.128. The number of aliphatic hydroxyl groups is 1. The Bertz CT molecular complexity index is 850. The maximum Gasteiger partial charge on any atom is 0.190 e. The Hall–Kier alpha value is -2.75. The van der Waals surface area contributed by atoms with E-state index in [0.717, 1.165) is 6.08 Å². The van der Waals surface area contributed by atoms with E-state index in [1.807, 2.05) is 0 Å². The van der Waals surface area contributed by atoms with Crippen LogP contribution in [0.1, 0.15) is 43.1 Å². The van der Waals surface area contributed by atoms with Crippen LogP contribution in [0.5, 0.6) is 0 Å². The lowest BCUT2D eigenvalue weighted by atomic mass is 9.81. The van der Waals surface area contributed by atoms with Crippen molar-refractivity contribution in [1.82, 2.24) is 0 Å². The smallest absolute Gasteiger partial charge is 0.190 e. The molecule has 0 unspecified atom stereocenters. The van der Waals surface area contributed by atoms with E-state index < -0.39 is 0 Å². The summed E-state index contributed by atoms with van der Waals surface area (Å²) in [7, 11) is 0. The van der Waals surface area contributed by atoms with Crippen molar-refractivity contribution in [2.24, 2.45) is 0 Å². The van der Waals surface area contributed by atoms with Crippen LogP contribution >= 0.6 is 0 Å². The van der Waals surface area contributed by atoms with E-state index in [1.54, 1.807) is 24.3 Å². The molecule has 2 aromatic carbocycles. The third-order valence-electron chi connectivity index (χ3n) is 3.89. The molecule has 0 radical (unpaired) electrons. The maximum atomic E-state index is 12.0. The van der Waals surface area contributed by atoms with Crippen molar-refractivity contribution in [3.63, 3.8) is 0 Å². The molecule has 0 fully saturated rings. The second-order valence-electron chi connectivity index (χ2n) is 4.99. The number of Topliss-reactive ketones (excluding diaryl/α,β-unsaturated/α-hetero) is 2. The number of carbonyl (C=O) groups excluding carboxylic acids is 3. The first kappa shape index (κ1) is 11.1. The lowest BCUT2D eigenvalue weighted by Crippen LogP contribution is -2.18. The van der Waals surface area contributed by atoms with E-state index in [9.17, 15) is 19.5 Å². The quantitative estimate of drug-likeness (QED) is 0.742. The molecule has 0 saturated heterocycles. The Morgan fingerprint density at radius 1 is 0.750 bits per heavy atom. The Morgan fingerprint density at radius 3 is 1.90 bits per heavy atom. The summed E-state index contributed by atoms with van der Waals surface area (Å²) in [6, 6.07) is 6.41. The van der Waals surface area contributed by atoms with Gasteiger partial charge in [-0.1, -0.05) is 0 Å². The summed E-state index contributed by atoms with van der Waals surface area (Å²) in [5, 5.41) is 10.9. The molecular weight excluding hydrogens is 256 g/mol. The highest BCUT2D eigenvalue weighted by Gasteiger charge is 2.30. The summed E-state index contributed by atoms with van der Waals surface area (Å²) < 4.78 is 0. The minimum Gasteiger partial charge on any atom is -0.507 e. The number of allylic oxidation sites excluding steroid dienone is 1. The number of aliphatic hydroxyl groups excluding tert-OH is 1. The first-order valence-electron chi connectivity index (χ1n) is 6.19. The Labute approximate surface area is 113 Å². The average molecular weight is 264 g/mol. The summed E-state index contributed by atoms with van der Waals surface area (Å²) in [6.07, 6.45) is 1.02. The van der Waals surface area contributed by atoms with Crippen molar-refractivity contribution < 1.29 is 19.5 Å². The molecule has 4 nitrogen and oxygen atoms in total. The highest BCUT2D eigenvalue weighted by Crippen LogP contribution is 2.38. The van der Waals surface area contributed by atoms with E-state index in [0.29, 0.717) is 33.0 Å². The molecule has 2 aliphatic carbocycles. The second-order valence-corrected chi connectivity index (χ2v) is 4.99. The van der Waals surface area contributed by atoms with Gasteiger partial charge < -0.3 is 5.11 Å². The molecule has 0 aromatic heterocycles. The van der Waals surface area contributed by atoms with Gasteiger partial charge in [0.05, 0.1) is 6.42 Å². The van der Waals surface area contributed by atoms with Crippen LogP contribution in [0, 0.1) is 0 Å². The van der Waals surface area contributed by atoms with Crippen molar-refractivity contribution in [3.05, 3.63) is 52.6 Å². The zero-order chi connectivity index (χ0) is 14.0. The van der Waals surface area contributed by atoms with E-state index in [1.165, 1.54) is 0 Å². The van der Waals surface area contributed by atoms with Gasteiger partial charge in [0.25, 0.3) is 0 Å². The molecule has 96 valence electrons. The SMILES string of the molecule is O=C1C=C(O)c2ccc3c4c(ccc1c24)C(=O)CC3=O. The monoisotopic (exact) mass is 264 g/mol. The Balaban J connectivity index is 2.30. The largest absolute Gasteiger partial charge is 0.507 e. The Kier molecular flexibility index (Phi) is 1.90. The van der Waals surface area contributed by atoms with Gasteiger partial charge in [-0.3, -0.25) is 14.4 Å². The number of hydrogen-bond donors (Lipinski definition) is 1. The molecule has 0 spiro atoms. The van der Waals surface area contributed by atoms with Crippen LogP contribution in [-0.4, -0.2) is 22.5 Å². The van der Waals surface area contributed by atoms with Crippen LogP contribution in [0.2, 0.25) is 0 Å². The van der Waals surface area contributed by atoms with Gasteiger partial charge in [0.15, 0.2) is 17.3 Å². The van der Waals surface area contributed by atoms with Crippen LogP contribution in [0.15, 0.2) is 30.3 Å². The van der Waals surface area contributed by atoms with Gasteiger partial charge >= 0.3 is 0 Å². The molecule has 2 aliphatic rings. The van der Waals surface area contributed by atoms with Crippen molar-refractivity contribution >= 4 is 33.9 Å². The molecule has 0 heterocycles. The average Bonchev–Trinajstić information content (AvgIpc) is 2.42. The lowest BCUT2D eigenvalue weighted by molar-refractivity contribution is 0.0888. The predicted molar refractivity (Wildman–Crippen MR) is 72.2 cm³/mol. The molecular formula is C16H8O4. The van der Waals surface area contributed by atoms with Crippen molar-refractivity contribution in [3.8, 4) is 0 Å². The fourth-order valence-electron chi connectivity index (χ4n) is 2.99. The summed E-state index contributed by atoms with van der Waals surface area (Å²) in [5.74, 6) is -0.929. The molecule has 0 aliphatic heterocycles. The van der Waals surface area contributed by atoms with Gasteiger partial charge in [-0.05, 0) is 24.3 Å². The molecule has 0 bridgehead atoms. The van der Waals surface area contributed by atoms with Crippen LogP contribution in [0.25, 0.3) is 16.5 Å². The molecule has 2 aromatic rings. The van der Waals surface area contributed by atoms with E-state index in [4.69, 9.17) is 0 Å². The summed E-state index contributed by atoms with van der Waals surface area (Å²) in [6.45, 7) is 0. The standard InChI is InChI=1S/C16H8O4/c17-11-5-13(19)9-3-4-10-14(20)6-12(18)8-2-1-7(11)15(9)16(8)10/h1-5,17H,6H2. The van der Waals surface area contributed by atoms with Crippen LogP contribution in [-0.2, 0) is 0 Å². The van der Waals surface area contributed by atoms with E-state index in [-0.39, 0.29) is 29.5 Å². The van der Waals surface area contributed by atoms with Gasteiger partial charge in [0, 0.05) is 39.1 Å². The number of ketones is 3. The zero-order valence-electron chi connectivity index (χ0n) is 10.3. The molecule has 0 saturated carbocycles. The van der Waals surface area contributed by atoms with Crippen LogP contribution in [0.4, 0.5) is 0 Å². The number of hydrogen-bond acceptors (Lipinski definition) is 4. The lowest BCUT2D eigenvalue weighted by Gasteiger charge is -2.21. The molecule has 20 heavy (non-hydrogen) atoms. The third kappa shape index (κ3) is 1.18. The fraction of sp³-hybridized carbons (Fsp3) is 0.0625. The van der Waals surface area contributed by atoms with Crippen LogP contribution in [0.3, 0.4) is 0 Å². The van der Waals surface area contributed by atoms with Crippen molar-refractivity contribution in [2.75, 3.05) is 0 Å². The predicted octanol–water partition coefficient (Wildman–Crippen LogP) is 2.70. The van der Waals surface area contributed by atoms with E-state index in [2.05, 4.69) is 0 Å². The zero-order valence-corrected chi connectivity index (χ0v) is 10.3. The van der Waals surface area contributed by atoms with E-state index >= 15 is 0 Å². The molecule has 0 atom stereocenters. The molecule has 4 rings (SSSR count). The summed E-state index contributed by atoms with van der Waals surface area (Å²) in [4.78, 5) is 36.0. The minimum atomic E-state index is -0.316. The van der Waals surface area contributed by atoms with Gasteiger partial charge in [0.2, 0.25) is 0 Å².